The molecule has 0 bridgehead atoms. The SMILES string of the molecule is COC1CCCN(CCCC(CCN)C(C)(C)C)C1. The van der Waals surface area contributed by atoms with Crippen LogP contribution < -0.4 is 5.73 Å². The Kier molecular flexibility index (Phi) is 7.33. The first-order chi connectivity index (χ1) is 8.97. The van der Waals surface area contributed by atoms with Crippen LogP contribution in [-0.2, 0) is 4.74 Å². The maximum absolute atomic E-state index is 5.75. The third kappa shape index (κ3) is 6.24. The third-order valence-corrected chi connectivity index (χ3v) is 4.56. The lowest BCUT2D eigenvalue weighted by molar-refractivity contribution is 0.0298. The second-order valence-electron chi connectivity index (χ2n) is 7.08. The molecule has 0 aromatic heterocycles. The van der Waals surface area contributed by atoms with Crippen molar-refractivity contribution in [1.82, 2.24) is 4.90 Å². The van der Waals surface area contributed by atoms with Crippen molar-refractivity contribution in [2.75, 3.05) is 33.3 Å². The van der Waals surface area contributed by atoms with Gasteiger partial charge in [-0.25, -0.2) is 0 Å². The monoisotopic (exact) mass is 270 g/mol. The predicted molar refractivity (Wildman–Crippen MR) is 82.3 cm³/mol. The van der Waals surface area contributed by atoms with E-state index in [1.54, 1.807) is 0 Å². The molecule has 1 saturated heterocycles. The van der Waals surface area contributed by atoms with Gasteiger partial charge in [0.1, 0.15) is 0 Å². The first kappa shape index (κ1) is 16.9. The van der Waals surface area contributed by atoms with Crippen LogP contribution in [0.2, 0.25) is 0 Å². The van der Waals surface area contributed by atoms with Crippen LogP contribution in [0.4, 0.5) is 0 Å². The van der Waals surface area contributed by atoms with Crippen LogP contribution in [0.5, 0.6) is 0 Å². The minimum absolute atomic E-state index is 0.385. The van der Waals surface area contributed by atoms with Crippen LogP contribution in [0, 0.1) is 11.3 Å². The summed E-state index contributed by atoms with van der Waals surface area (Å²) in [4.78, 5) is 2.57. The smallest absolute Gasteiger partial charge is 0.0698 e. The zero-order valence-corrected chi connectivity index (χ0v) is 13.5. The van der Waals surface area contributed by atoms with Crippen LogP contribution in [0.3, 0.4) is 0 Å². The molecule has 0 saturated carbocycles. The Balaban J connectivity index is 2.27. The fourth-order valence-electron chi connectivity index (χ4n) is 3.18. The Morgan fingerprint density at radius 2 is 2.05 bits per heavy atom. The first-order valence-corrected chi connectivity index (χ1v) is 7.92. The molecule has 19 heavy (non-hydrogen) atoms. The van der Waals surface area contributed by atoms with E-state index in [1.165, 1.54) is 38.8 Å². The topological polar surface area (TPSA) is 38.5 Å². The fraction of sp³-hybridized carbons (Fsp3) is 1.00. The molecule has 0 radical (unpaired) electrons. The molecule has 3 heteroatoms. The Morgan fingerprint density at radius 3 is 2.63 bits per heavy atom. The van der Waals surface area contributed by atoms with E-state index in [-0.39, 0.29) is 0 Å². The zero-order valence-electron chi connectivity index (χ0n) is 13.5. The average molecular weight is 270 g/mol. The highest BCUT2D eigenvalue weighted by atomic mass is 16.5. The highest BCUT2D eigenvalue weighted by Crippen LogP contribution is 2.32. The van der Waals surface area contributed by atoms with E-state index in [0.29, 0.717) is 11.5 Å². The molecule has 2 atom stereocenters. The van der Waals surface area contributed by atoms with Gasteiger partial charge in [-0.15, -0.1) is 0 Å². The highest BCUT2D eigenvalue weighted by molar-refractivity contribution is 4.77. The molecule has 1 heterocycles. The van der Waals surface area contributed by atoms with Crippen molar-refractivity contribution >= 4 is 0 Å². The number of ether oxygens (including phenoxy) is 1. The summed E-state index contributed by atoms with van der Waals surface area (Å²) in [6, 6.07) is 0. The molecule has 0 spiro atoms. The first-order valence-electron chi connectivity index (χ1n) is 7.92. The van der Waals surface area contributed by atoms with Gasteiger partial charge in [0, 0.05) is 13.7 Å². The molecule has 0 aromatic rings. The maximum atomic E-state index is 5.75. The summed E-state index contributed by atoms with van der Waals surface area (Å²) < 4.78 is 5.48. The molecule has 0 aliphatic carbocycles. The molecule has 1 aliphatic heterocycles. The molecular formula is C16H34N2O. The molecule has 2 unspecified atom stereocenters. The lowest BCUT2D eigenvalue weighted by Crippen LogP contribution is -2.39. The predicted octanol–water partition coefficient (Wildman–Crippen LogP) is 2.89. The molecule has 2 N–H and O–H groups in total. The Bertz CT molecular complexity index is 237. The average Bonchev–Trinajstić information content (AvgIpc) is 2.37. The summed E-state index contributed by atoms with van der Waals surface area (Å²) in [7, 11) is 1.84. The normalized spacial score (nSPS) is 23.5. The van der Waals surface area contributed by atoms with Gasteiger partial charge in [-0.3, -0.25) is 0 Å². The van der Waals surface area contributed by atoms with E-state index < -0.39 is 0 Å². The minimum atomic E-state index is 0.385. The summed E-state index contributed by atoms with van der Waals surface area (Å²) in [5.41, 5.74) is 6.14. The molecule has 1 rings (SSSR count). The lowest BCUT2D eigenvalue weighted by Gasteiger charge is -2.34. The number of nitrogens with two attached hydrogens (primary N) is 1. The van der Waals surface area contributed by atoms with Crippen molar-refractivity contribution in [1.29, 1.82) is 0 Å². The standard InChI is InChI=1S/C16H34N2O/c1-16(2,3)14(9-10-17)7-5-11-18-12-6-8-15(13-18)19-4/h14-15H,5-13,17H2,1-4H3. The van der Waals surface area contributed by atoms with Crippen LogP contribution in [0.15, 0.2) is 0 Å². The van der Waals surface area contributed by atoms with Crippen molar-refractivity contribution in [3.63, 3.8) is 0 Å². The minimum Gasteiger partial charge on any atom is -0.380 e. The number of rotatable bonds is 7. The van der Waals surface area contributed by atoms with Crippen LogP contribution in [-0.4, -0.2) is 44.3 Å². The maximum Gasteiger partial charge on any atom is 0.0698 e. The number of likely N-dealkylation sites (tertiary alicyclic amines) is 1. The van der Waals surface area contributed by atoms with E-state index in [4.69, 9.17) is 10.5 Å². The summed E-state index contributed by atoms with van der Waals surface area (Å²) in [6.45, 7) is 11.4. The van der Waals surface area contributed by atoms with Crippen molar-refractivity contribution in [2.45, 2.75) is 59.0 Å². The van der Waals surface area contributed by atoms with Crippen molar-refractivity contribution in [2.24, 2.45) is 17.1 Å². The van der Waals surface area contributed by atoms with E-state index in [1.807, 2.05) is 7.11 Å². The van der Waals surface area contributed by atoms with Gasteiger partial charge in [-0.05, 0) is 63.1 Å². The third-order valence-electron chi connectivity index (χ3n) is 4.56. The number of methoxy groups -OCH3 is 1. The highest BCUT2D eigenvalue weighted by Gasteiger charge is 2.24. The summed E-state index contributed by atoms with van der Waals surface area (Å²) in [5.74, 6) is 0.750. The quantitative estimate of drug-likeness (QED) is 0.773. The van der Waals surface area contributed by atoms with Crippen molar-refractivity contribution in [3.8, 4) is 0 Å². The Morgan fingerprint density at radius 1 is 1.32 bits per heavy atom. The zero-order chi connectivity index (χ0) is 14.3. The van der Waals surface area contributed by atoms with Crippen molar-refractivity contribution in [3.05, 3.63) is 0 Å². The van der Waals surface area contributed by atoms with Gasteiger partial charge >= 0.3 is 0 Å². The Hall–Kier alpha value is -0.120. The van der Waals surface area contributed by atoms with E-state index >= 15 is 0 Å². The van der Waals surface area contributed by atoms with Crippen LogP contribution >= 0.6 is 0 Å². The van der Waals surface area contributed by atoms with E-state index in [2.05, 4.69) is 25.7 Å². The second kappa shape index (κ2) is 8.23. The largest absolute Gasteiger partial charge is 0.380 e. The van der Waals surface area contributed by atoms with Gasteiger partial charge in [0.25, 0.3) is 0 Å². The Labute approximate surface area is 119 Å². The molecule has 3 nitrogen and oxygen atoms in total. The van der Waals surface area contributed by atoms with Crippen molar-refractivity contribution < 1.29 is 4.74 Å². The van der Waals surface area contributed by atoms with Crippen LogP contribution in [0.25, 0.3) is 0 Å². The molecular weight excluding hydrogens is 236 g/mol. The van der Waals surface area contributed by atoms with E-state index in [9.17, 15) is 0 Å². The second-order valence-corrected chi connectivity index (χ2v) is 7.08. The summed E-state index contributed by atoms with van der Waals surface area (Å²) in [6.07, 6.45) is 6.71. The van der Waals surface area contributed by atoms with Gasteiger partial charge in [0.2, 0.25) is 0 Å². The number of hydrogen-bond acceptors (Lipinski definition) is 3. The summed E-state index contributed by atoms with van der Waals surface area (Å²) in [5, 5.41) is 0. The van der Waals surface area contributed by atoms with Gasteiger partial charge in [-0.2, -0.15) is 0 Å². The van der Waals surface area contributed by atoms with Crippen LogP contribution in [0.1, 0.15) is 52.9 Å². The van der Waals surface area contributed by atoms with Gasteiger partial charge in [0.15, 0.2) is 0 Å². The van der Waals surface area contributed by atoms with Gasteiger partial charge in [0.05, 0.1) is 6.10 Å². The van der Waals surface area contributed by atoms with Gasteiger partial charge < -0.3 is 15.4 Å². The molecule has 1 aliphatic rings. The molecule has 0 aromatic carbocycles. The number of piperidine rings is 1. The summed E-state index contributed by atoms with van der Waals surface area (Å²) >= 11 is 0. The number of hydrogen-bond donors (Lipinski definition) is 1. The van der Waals surface area contributed by atoms with E-state index in [0.717, 1.165) is 25.4 Å². The number of nitrogens with zero attached hydrogens (tertiary/aromatic N) is 1. The molecule has 1 fully saturated rings. The van der Waals surface area contributed by atoms with Gasteiger partial charge in [-0.1, -0.05) is 20.8 Å². The lowest BCUT2D eigenvalue weighted by atomic mass is 9.76. The fourth-order valence-corrected chi connectivity index (χ4v) is 3.18. The molecule has 114 valence electrons. The molecule has 0 amide bonds.